The van der Waals surface area contributed by atoms with E-state index in [0.29, 0.717) is 10.6 Å². The zero-order valence-electron chi connectivity index (χ0n) is 9.73. The van der Waals surface area contributed by atoms with Crippen LogP contribution in [0.2, 0.25) is 0 Å². The number of hydrogen-bond donors (Lipinski definition) is 1. The van der Waals surface area contributed by atoms with Crippen molar-refractivity contribution in [1.82, 2.24) is 4.98 Å². The number of rotatable bonds is 2. The molecule has 6 heteroatoms. The summed E-state index contributed by atoms with van der Waals surface area (Å²) in [4.78, 5) is 17.2. The van der Waals surface area contributed by atoms with Gasteiger partial charge in [0.1, 0.15) is 10.6 Å². The van der Waals surface area contributed by atoms with Gasteiger partial charge in [-0.3, -0.25) is 0 Å². The predicted molar refractivity (Wildman–Crippen MR) is 70.7 cm³/mol. The van der Waals surface area contributed by atoms with Crippen LogP contribution in [-0.4, -0.2) is 18.1 Å². The summed E-state index contributed by atoms with van der Waals surface area (Å²) in [5.41, 5.74) is 7.81. The first-order valence-corrected chi connectivity index (χ1v) is 6.64. The Hall–Kier alpha value is -1.40. The molecule has 0 bridgehead atoms. The second-order valence-electron chi connectivity index (χ2n) is 3.52. The third-order valence-corrected chi connectivity index (χ3v) is 4.07. The molecule has 0 aromatic carbocycles. The maximum atomic E-state index is 11.7. The van der Waals surface area contributed by atoms with Crippen LogP contribution in [0.4, 0.5) is 5.00 Å². The molecule has 2 aromatic rings. The Morgan fingerprint density at radius 1 is 1.47 bits per heavy atom. The first-order chi connectivity index (χ1) is 8.04. The van der Waals surface area contributed by atoms with Crippen molar-refractivity contribution in [3.8, 4) is 11.3 Å². The Morgan fingerprint density at radius 3 is 2.71 bits per heavy atom. The molecule has 0 fully saturated rings. The number of thiophene rings is 1. The van der Waals surface area contributed by atoms with Crippen LogP contribution in [0.5, 0.6) is 0 Å². The molecule has 0 unspecified atom stereocenters. The lowest BCUT2D eigenvalue weighted by atomic mass is 10.1. The zero-order chi connectivity index (χ0) is 12.6. The smallest absolute Gasteiger partial charge is 0.341 e. The molecule has 0 aliphatic rings. The van der Waals surface area contributed by atoms with Gasteiger partial charge in [-0.15, -0.1) is 22.7 Å². The third-order valence-electron chi connectivity index (χ3n) is 2.37. The minimum atomic E-state index is -0.413. The summed E-state index contributed by atoms with van der Waals surface area (Å²) >= 11 is 2.93. The van der Waals surface area contributed by atoms with Crippen LogP contribution in [0.25, 0.3) is 11.3 Å². The number of carbonyl (C=O) groups is 1. The monoisotopic (exact) mass is 268 g/mol. The van der Waals surface area contributed by atoms with Gasteiger partial charge < -0.3 is 10.5 Å². The Morgan fingerprint density at radius 2 is 2.18 bits per heavy atom. The minimum Gasteiger partial charge on any atom is -0.465 e. The van der Waals surface area contributed by atoms with Gasteiger partial charge in [-0.2, -0.15) is 0 Å². The Bertz CT molecular complexity index is 572. The summed E-state index contributed by atoms with van der Waals surface area (Å²) in [5.74, 6) is -0.413. The van der Waals surface area contributed by atoms with Crippen LogP contribution < -0.4 is 5.73 Å². The van der Waals surface area contributed by atoms with Gasteiger partial charge in [0.2, 0.25) is 0 Å². The van der Waals surface area contributed by atoms with Gasteiger partial charge in [0, 0.05) is 15.8 Å². The molecular formula is C11H12N2O2S2. The number of esters is 1. The number of nitrogen functional groups attached to an aromatic ring is 1. The maximum absolute atomic E-state index is 11.7. The van der Waals surface area contributed by atoms with Crippen LogP contribution >= 0.6 is 22.7 Å². The van der Waals surface area contributed by atoms with Crippen LogP contribution in [0.15, 0.2) is 5.38 Å². The van der Waals surface area contributed by atoms with Crippen molar-refractivity contribution in [2.24, 2.45) is 0 Å². The summed E-state index contributed by atoms with van der Waals surface area (Å²) in [5, 5.41) is 3.29. The highest BCUT2D eigenvalue weighted by molar-refractivity contribution is 7.15. The van der Waals surface area contributed by atoms with Crippen molar-refractivity contribution in [2.75, 3.05) is 12.8 Å². The van der Waals surface area contributed by atoms with E-state index in [1.807, 2.05) is 19.2 Å². The second kappa shape index (κ2) is 4.46. The third kappa shape index (κ3) is 2.05. The number of aromatic nitrogens is 1. The topological polar surface area (TPSA) is 65.2 Å². The number of anilines is 1. The van der Waals surface area contributed by atoms with E-state index in [2.05, 4.69) is 4.98 Å². The van der Waals surface area contributed by atoms with E-state index in [1.165, 1.54) is 18.4 Å². The number of nitrogens with zero attached hydrogens (tertiary/aromatic N) is 1. The molecule has 4 nitrogen and oxygen atoms in total. The number of nitrogens with two attached hydrogens (primary N) is 1. The van der Waals surface area contributed by atoms with Gasteiger partial charge in [-0.05, 0) is 13.8 Å². The average molecular weight is 268 g/mol. The Labute approximate surface area is 107 Å². The minimum absolute atomic E-state index is 0.413. The normalized spacial score (nSPS) is 10.5. The summed E-state index contributed by atoms with van der Waals surface area (Å²) in [6.45, 7) is 3.92. The molecule has 0 saturated heterocycles. The lowest BCUT2D eigenvalue weighted by Crippen LogP contribution is -2.04. The quantitative estimate of drug-likeness (QED) is 0.851. The number of hydrogen-bond acceptors (Lipinski definition) is 6. The van der Waals surface area contributed by atoms with Crippen LogP contribution in [0.3, 0.4) is 0 Å². The first-order valence-electron chi connectivity index (χ1n) is 4.94. The molecule has 17 heavy (non-hydrogen) atoms. The fraction of sp³-hybridized carbons (Fsp3) is 0.273. The molecule has 0 saturated carbocycles. The highest BCUT2D eigenvalue weighted by Gasteiger charge is 2.22. The summed E-state index contributed by atoms with van der Waals surface area (Å²) in [7, 11) is 1.35. The lowest BCUT2D eigenvalue weighted by molar-refractivity contribution is 0.0603. The number of thiazole rings is 1. The van der Waals surface area contributed by atoms with E-state index in [0.717, 1.165) is 21.1 Å². The molecule has 0 amide bonds. The van der Waals surface area contributed by atoms with Crippen molar-refractivity contribution in [3.63, 3.8) is 0 Å². The number of carbonyl (C=O) groups excluding carboxylic acids is 1. The predicted octanol–water partition coefficient (Wildman–Crippen LogP) is 2.86. The van der Waals surface area contributed by atoms with Crippen molar-refractivity contribution in [3.05, 3.63) is 20.8 Å². The molecule has 2 rings (SSSR count). The van der Waals surface area contributed by atoms with Crippen molar-refractivity contribution in [1.29, 1.82) is 0 Å². The number of ether oxygens (including phenoxy) is 1. The SMILES string of the molecule is COC(=O)c1c(-c2nc(C)sc2C)csc1N. The highest BCUT2D eigenvalue weighted by atomic mass is 32.1. The van der Waals surface area contributed by atoms with Crippen molar-refractivity contribution in [2.45, 2.75) is 13.8 Å². The molecule has 2 N–H and O–H groups in total. The number of aryl methyl sites for hydroxylation is 2. The van der Waals surface area contributed by atoms with Gasteiger partial charge >= 0.3 is 5.97 Å². The first kappa shape index (κ1) is 12.1. The largest absolute Gasteiger partial charge is 0.465 e. The summed E-state index contributed by atoms with van der Waals surface area (Å²) in [6.07, 6.45) is 0. The molecule has 2 aromatic heterocycles. The van der Waals surface area contributed by atoms with Crippen LogP contribution in [0.1, 0.15) is 20.2 Å². The van der Waals surface area contributed by atoms with Gasteiger partial charge in [0.15, 0.2) is 0 Å². The summed E-state index contributed by atoms with van der Waals surface area (Å²) in [6, 6.07) is 0. The fourth-order valence-corrected chi connectivity index (χ4v) is 3.26. The van der Waals surface area contributed by atoms with Gasteiger partial charge in [-0.1, -0.05) is 0 Å². The highest BCUT2D eigenvalue weighted by Crippen LogP contribution is 2.36. The lowest BCUT2D eigenvalue weighted by Gasteiger charge is -2.02. The van der Waals surface area contributed by atoms with E-state index in [9.17, 15) is 4.79 Å². The fourth-order valence-electron chi connectivity index (χ4n) is 1.64. The van der Waals surface area contributed by atoms with Gasteiger partial charge in [0.05, 0.1) is 17.8 Å². The van der Waals surface area contributed by atoms with E-state index in [4.69, 9.17) is 10.5 Å². The molecule has 2 heterocycles. The van der Waals surface area contributed by atoms with E-state index in [-0.39, 0.29) is 0 Å². The molecule has 0 aliphatic heterocycles. The molecule has 0 aliphatic carbocycles. The Balaban J connectivity index is 2.60. The van der Waals surface area contributed by atoms with Crippen LogP contribution in [-0.2, 0) is 4.74 Å². The molecule has 0 radical (unpaired) electrons. The van der Waals surface area contributed by atoms with Gasteiger partial charge in [0.25, 0.3) is 0 Å². The number of methoxy groups -OCH3 is 1. The standard InChI is InChI=1S/C11H12N2O2S2/c1-5-9(13-6(2)17-5)7-4-16-10(12)8(7)11(14)15-3/h4H,12H2,1-3H3. The van der Waals surface area contributed by atoms with Crippen molar-refractivity contribution < 1.29 is 9.53 Å². The van der Waals surface area contributed by atoms with Gasteiger partial charge in [-0.25, -0.2) is 9.78 Å². The zero-order valence-corrected chi connectivity index (χ0v) is 11.4. The average Bonchev–Trinajstić information content (AvgIpc) is 2.80. The van der Waals surface area contributed by atoms with E-state index < -0.39 is 5.97 Å². The molecule has 0 atom stereocenters. The summed E-state index contributed by atoms with van der Waals surface area (Å²) < 4.78 is 4.75. The molecule has 0 spiro atoms. The van der Waals surface area contributed by atoms with Crippen LogP contribution in [0, 0.1) is 13.8 Å². The van der Waals surface area contributed by atoms with Crippen molar-refractivity contribution >= 4 is 33.6 Å². The van der Waals surface area contributed by atoms with E-state index >= 15 is 0 Å². The van der Waals surface area contributed by atoms with E-state index in [1.54, 1.807) is 11.3 Å². The Kier molecular flexibility index (Phi) is 3.17. The molecular weight excluding hydrogens is 256 g/mol. The second-order valence-corrected chi connectivity index (χ2v) is 5.84. The molecule has 90 valence electrons. The maximum Gasteiger partial charge on any atom is 0.341 e.